The summed E-state index contributed by atoms with van der Waals surface area (Å²) >= 11 is 0. The number of anilines is 1. The van der Waals surface area contributed by atoms with Gasteiger partial charge in [0.1, 0.15) is 5.82 Å². The second-order valence-corrected chi connectivity index (χ2v) is 9.33. The van der Waals surface area contributed by atoms with Crippen molar-refractivity contribution in [1.29, 1.82) is 0 Å². The van der Waals surface area contributed by atoms with Crippen LogP contribution in [0.5, 0.6) is 0 Å². The van der Waals surface area contributed by atoms with Crippen LogP contribution in [-0.2, 0) is 16.6 Å². The number of nitrogens with zero attached hydrogens (tertiary/aromatic N) is 2. The smallest absolute Gasteiger partial charge is 0.253 e. The Morgan fingerprint density at radius 3 is 2.12 bits per heavy atom. The van der Waals surface area contributed by atoms with Crippen molar-refractivity contribution < 1.29 is 17.6 Å². The number of benzene rings is 3. The Balaban J connectivity index is 1.33. The van der Waals surface area contributed by atoms with E-state index in [-0.39, 0.29) is 23.2 Å². The molecule has 1 aliphatic rings. The SMILES string of the molecule is O=C(c1ccc(CNS(=O)(=O)c2ccccc2)cc1)N1CCN(c2ccccc2F)CC1. The molecule has 3 aromatic rings. The van der Waals surface area contributed by atoms with Crippen LogP contribution in [0.1, 0.15) is 15.9 Å². The lowest BCUT2D eigenvalue weighted by molar-refractivity contribution is 0.0746. The molecule has 1 heterocycles. The highest BCUT2D eigenvalue weighted by molar-refractivity contribution is 7.89. The molecule has 32 heavy (non-hydrogen) atoms. The standard InChI is InChI=1S/C24H24FN3O3S/c25-22-8-4-5-9-23(22)27-14-16-28(17-15-27)24(29)20-12-10-19(11-13-20)18-26-32(30,31)21-6-2-1-3-7-21/h1-13,26H,14-18H2. The molecule has 0 bridgehead atoms. The van der Waals surface area contributed by atoms with E-state index in [1.165, 1.54) is 18.2 Å². The van der Waals surface area contributed by atoms with Crippen molar-refractivity contribution in [2.75, 3.05) is 31.1 Å². The lowest BCUT2D eigenvalue weighted by Gasteiger charge is -2.36. The van der Waals surface area contributed by atoms with Crippen LogP contribution in [0.2, 0.25) is 0 Å². The fraction of sp³-hybridized carbons (Fsp3) is 0.208. The predicted molar refractivity (Wildman–Crippen MR) is 121 cm³/mol. The second-order valence-electron chi connectivity index (χ2n) is 7.57. The van der Waals surface area contributed by atoms with Gasteiger partial charge in [0.05, 0.1) is 10.6 Å². The Labute approximate surface area is 187 Å². The van der Waals surface area contributed by atoms with Gasteiger partial charge < -0.3 is 9.80 Å². The summed E-state index contributed by atoms with van der Waals surface area (Å²) in [6.07, 6.45) is 0. The summed E-state index contributed by atoms with van der Waals surface area (Å²) in [6.45, 7) is 2.27. The number of amides is 1. The van der Waals surface area contributed by atoms with Gasteiger partial charge >= 0.3 is 0 Å². The molecule has 0 spiro atoms. The molecule has 1 fully saturated rings. The maximum absolute atomic E-state index is 14.0. The molecule has 3 aromatic carbocycles. The molecular weight excluding hydrogens is 429 g/mol. The normalized spacial score (nSPS) is 14.4. The molecule has 0 radical (unpaired) electrons. The van der Waals surface area contributed by atoms with E-state index in [0.29, 0.717) is 37.4 Å². The quantitative estimate of drug-likeness (QED) is 0.622. The van der Waals surface area contributed by atoms with Crippen LogP contribution in [0.25, 0.3) is 0 Å². The third-order valence-corrected chi connectivity index (χ3v) is 6.90. The van der Waals surface area contributed by atoms with Crippen molar-refractivity contribution in [3.05, 3.63) is 95.8 Å². The third kappa shape index (κ3) is 4.98. The van der Waals surface area contributed by atoms with Crippen LogP contribution in [0.15, 0.2) is 83.8 Å². The van der Waals surface area contributed by atoms with Crippen LogP contribution in [0.4, 0.5) is 10.1 Å². The van der Waals surface area contributed by atoms with Crippen LogP contribution >= 0.6 is 0 Å². The molecule has 166 valence electrons. The van der Waals surface area contributed by atoms with Crippen molar-refractivity contribution in [3.63, 3.8) is 0 Å². The van der Waals surface area contributed by atoms with E-state index in [1.807, 2.05) is 4.90 Å². The zero-order valence-electron chi connectivity index (χ0n) is 17.4. The summed E-state index contributed by atoms with van der Waals surface area (Å²) in [6, 6.07) is 21.7. The van der Waals surface area contributed by atoms with E-state index >= 15 is 0 Å². The molecule has 8 heteroatoms. The minimum absolute atomic E-state index is 0.0883. The van der Waals surface area contributed by atoms with Gasteiger partial charge in [-0.15, -0.1) is 0 Å². The third-order valence-electron chi connectivity index (χ3n) is 5.48. The Hall–Kier alpha value is -3.23. The van der Waals surface area contributed by atoms with Gasteiger partial charge in [0.15, 0.2) is 0 Å². The fourth-order valence-electron chi connectivity index (χ4n) is 3.67. The van der Waals surface area contributed by atoms with E-state index in [0.717, 1.165) is 5.56 Å². The number of halogens is 1. The average Bonchev–Trinajstić information content (AvgIpc) is 2.84. The first-order chi connectivity index (χ1) is 15.4. The number of hydrogen-bond donors (Lipinski definition) is 1. The monoisotopic (exact) mass is 453 g/mol. The van der Waals surface area contributed by atoms with Crippen molar-refractivity contribution in [1.82, 2.24) is 9.62 Å². The first-order valence-electron chi connectivity index (χ1n) is 10.4. The molecule has 1 N–H and O–H groups in total. The Morgan fingerprint density at radius 1 is 0.844 bits per heavy atom. The Morgan fingerprint density at radius 2 is 1.47 bits per heavy atom. The topological polar surface area (TPSA) is 69.7 Å². The molecule has 0 atom stereocenters. The number of rotatable bonds is 6. The molecule has 0 aliphatic carbocycles. The molecule has 1 saturated heterocycles. The number of nitrogens with one attached hydrogen (secondary N) is 1. The lowest BCUT2D eigenvalue weighted by atomic mass is 10.1. The Bertz CT molecular complexity index is 1180. The van der Waals surface area contributed by atoms with Gasteiger partial charge in [0, 0.05) is 38.3 Å². The van der Waals surface area contributed by atoms with Gasteiger partial charge in [-0.2, -0.15) is 0 Å². The van der Waals surface area contributed by atoms with Crippen LogP contribution in [0.3, 0.4) is 0 Å². The molecular formula is C24H24FN3O3S. The zero-order valence-corrected chi connectivity index (χ0v) is 18.3. The summed E-state index contributed by atoms with van der Waals surface area (Å²) in [5.41, 5.74) is 1.85. The molecule has 4 rings (SSSR count). The van der Waals surface area contributed by atoms with Crippen molar-refractivity contribution in [2.24, 2.45) is 0 Å². The van der Waals surface area contributed by atoms with Gasteiger partial charge in [-0.1, -0.05) is 42.5 Å². The van der Waals surface area contributed by atoms with Crippen molar-refractivity contribution in [3.8, 4) is 0 Å². The predicted octanol–water partition coefficient (Wildman–Crippen LogP) is 3.27. The second kappa shape index (κ2) is 9.50. The number of sulfonamides is 1. The Kier molecular flexibility index (Phi) is 6.53. The fourth-order valence-corrected chi connectivity index (χ4v) is 4.71. The van der Waals surface area contributed by atoms with Crippen molar-refractivity contribution in [2.45, 2.75) is 11.4 Å². The van der Waals surface area contributed by atoms with Crippen molar-refractivity contribution >= 4 is 21.6 Å². The number of carbonyl (C=O) groups excluding carboxylic acids is 1. The van der Waals surface area contributed by atoms with E-state index < -0.39 is 10.0 Å². The lowest BCUT2D eigenvalue weighted by Crippen LogP contribution is -2.49. The summed E-state index contributed by atoms with van der Waals surface area (Å²) < 4.78 is 41.2. The highest BCUT2D eigenvalue weighted by atomic mass is 32.2. The largest absolute Gasteiger partial charge is 0.366 e. The first kappa shape index (κ1) is 22.0. The van der Waals surface area contributed by atoms with Gasteiger partial charge in [0.25, 0.3) is 5.91 Å². The minimum Gasteiger partial charge on any atom is -0.366 e. The van der Waals surface area contributed by atoms with Gasteiger partial charge in [0.2, 0.25) is 10.0 Å². The molecule has 6 nitrogen and oxygen atoms in total. The molecule has 0 saturated carbocycles. The van der Waals surface area contributed by atoms with Crippen LogP contribution < -0.4 is 9.62 Å². The maximum Gasteiger partial charge on any atom is 0.253 e. The number of para-hydroxylation sites is 1. The minimum atomic E-state index is -3.59. The average molecular weight is 454 g/mol. The summed E-state index contributed by atoms with van der Waals surface area (Å²) in [5.74, 6) is -0.347. The highest BCUT2D eigenvalue weighted by Crippen LogP contribution is 2.21. The van der Waals surface area contributed by atoms with Crippen LogP contribution in [-0.4, -0.2) is 45.4 Å². The first-order valence-corrected chi connectivity index (χ1v) is 11.8. The molecule has 1 aliphatic heterocycles. The van der Waals surface area contributed by atoms with E-state index in [4.69, 9.17) is 0 Å². The summed E-state index contributed by atoms with van der Waals surface area (Å²) in [5, 5.41) is 0. The molecule has 0 unspecified atom stereocenters. The number of carbonyl (C=O) groups is 1. The number of piperazine rings is 1. The number of hydrogen-bond acceptors (Lipinski definition) is 4. The van der Waals surface area contributed by atoms with Gasteiger partial charge in [-0.3, -0.25) is 4.79 Å². The van der Waals surface area contributed by atoms with E-state index in [2.05, 4.69) is 4.72 Å². The van der Waals surface area contributed by atoms with Gasteiger partial charge in [-0.05, 0) is 42.0 Å². The zero-order chi connectivity index (χ0) is 22.6. The summed E-state index contributed by atoms with van der Waals surface area (Å²) in [7, 11) is -3.59. The van der Waals surface area contributed by atoms with Crippen LogP contribution in [0, 0.1) is 5.82 Å². The maximum atomic E-state index is 14.0. The van der Waals surface area contributed by atoms with Gasteiger partial charge in [-0.25, -0.2) is 17.5 Å². The molecule has 1 amide bonds. The van der Waals surface area contributed by atoms with E-state index in [1.54, 1.807) is 65.6 Å². The highest BCUT2D eigenvalue weighted by Gasteiger charge is 2.23. The summed E-state index contributed by atoms with van der Waals surface area (Å²) in [4.78, 5) is 16.8. The molecule has 0 aromatic heterocycles. The van der Waals surface area contributed by atoms with E-state index in [9.17, 15) is 17.6 Å².